The Kier molecular flexibility index (Phi) is 2.66. The SMILES string of the molecule is CC1(C2CCCCCC2)COC(=O)N1. The third-order valence-electron chi connectivity index (χ3n) is 3.65. The minimum Gasteiger partial charge on any atom is -0.447 e. The van der Waals surface area contributed by atoms with Crippen LogP contribution in [0.1, 0.15) is 45.4 Å². The van der Waals surface area contributed by atoms with E-state index in [1.807, 2.05) is 0 Å². The van der Waals surface area contributed by atoms with Crippen molar-refractivity contribution in [3.8, 4) is 0 Å². The van der Waals surface area contributed by atoms with Crippen molar-refractivity contribution < 1.29 is 9.53 Å². The van der Waals surface area contributed by atoms with Crippen molar-refractivity contribution in [3.63, 3.8) is 0 Å². The molecule has 2 fully saturated rings. The monoisotopic (exact) mass is 197 g/mol. The van der Waals surface area contributed by atoms with E-state index in [4.69, 9.17) is 4.74 Å². The molecule has 2 aliphatic rings. The summed E-state index contributed by atoms with van der Waals surface area (Å²) in [5, 5.41) is 2.97. The number of carbonyl (C=O) groups is 1. The molecule has 0 aromatic carbocycles. The number of rotatable bonds is 1. The average Bonchev–Trinajstić information content (AvgIpc) is 2.45. The van der Waals surface area contributed by atoms with Gasteiger partial charge in [-0.25, -0.2) is 4.79 Å². The summed E-state index contributed by atoms with van der Waals surface area (Å²) in [5.74, 6) is 0.608. The van der Waals surface area contributed by atoms with Gasteiger partial charge in [-0.15, -0.1) is 0 Å². The van der Waals surface area contributed by atoms with Gasteiger partial charge >= 0.3 is 6.09 Å². The quantitative estimate of drug-likeness (QED) is 0.656. The lowest BCUT2D eigenvalue weighted by Gasteiger charge is -2.30. The van der Waals surface area contributed by atoms with Gasteiger partial charge < -0.3 is 10.1 Å². The second kappa shape index (κ2) is 3.79. The summed E-state index contributed by atoms with van der Waals surface area (Å²) in [6.07, 6.45) is 7.53. The smallest absolute Gasteiger partial charge is 0.407 e. The number of nitrogens with one attached hydrogen (secondary N) is 1. The van der Waals surface area contributed by atoms with Crippen molar-refractivity contribution in [2.75, 3.05) is 6.61 Å². The van der Waals surface area contributed by atoms with Crippen molar-refractivity contribution in [3.05, 3.63) is 0 Å². The number of carbonyl (C=O) groups excluding carboxylic acids is 1. The highest BCUT2D eigenvalue weighted by molar-refractivity contribution is 5.70. The van der Waals surface area contributed by atoms with Crippen LogP contribution in [-0.4, -0.2) is 18.2 Å². The summed E-state index contributed by atoms with van der Waals surface area (Å²) in [6, 6.07) is 0. The van der Waals surface area contributed by atoms with Crippen LogP contribution < -0.4 is 5.32 Å². The topological polar surface area (TPSA) is 38.3 Å². The molecular formula is C11H19NO2. The van der Waals surface area contributed by atoms with Gasteiger partial charge in [0.15, 0.2) is 0 Å². The molecule has 2 rings (SSSR count). The first-order chi connectivity index (χ1) is 6.71. The lowest BCUT2D eigenvalue weighted by molar-refractivity contribution is 0.161. The highest BCUT2D eigenvalue weighted by Crippen LogP contribution is 2.33. The molecule has 1 aliphatic heterocycles. The predicted molar refractivity (Wildman–Crippen MR) is 54.1 cm³/mol. The first-order valence-electron chi connectivity index (χ1n) is 5.66. The molecule has 3 heteroatoms. The Labute approximate surface area is 85.2 Å². The van der Waals surface area contributed by atoms with Crippen LogP contribution in [-0.2, 0) is 4.74 Å². The molecule has 0 spiro atoms. The molecule has 3 nitrogen and oxygen atoms in total. The maximum atomic E-state index is 11.1. The number of alkyl carbamates (subject to hydrolysis) is 1. The Hall–Kier alpha value is -0.730. The molecule has 0 aromatic heterocycles. The van der Waals surface area contributed by atoms with E-state index in [1.165, 1.54) is 38.5 Å². The van der Waals surface area contributed by atoms with Gasteiger partial charge in [0.1, 0.15) is 6.61 Å². The van der Waals surface area contributed by atoms with Gasteiger partial charge in [0, 0.05) is 0 Å². The first-order valence-corrected chi connectivity index (χ1v) is 5.66. The Morgan fingerprint density at radius 2 is 1.93 bits per heavy atom. The maximum Gasteiger partial charge on any atom is 0.407 e. The third kappa shape index (κ3) is 1.86. The Balaban J connectivity index is 2.01. The van der Waals surface area contributed by atoms with Crippen molar-refractivity contribution in [1.82, 2.24) is 5.32 Å². The normalized spacial score (nSPS) is 34.8. The molecular weight excluding hydrogens is 178 g/mol. The average molecular weight is 197 g/mol. The largest absolute Gasteiger partial charge is 0.447 e. The summed E-state index contributed by atoms with van der Waals surface area (Å²) in [7, 11) is 0. The van der Waals surface area contributed by atoms with Crippen LogP contribution in [0.15, 0.2) is 0 Å². The zero-order valence-electron chi connectivity index (χ0n) is 8.84. The van der Waals surface area contributed by atoms with E-state index in [2.05, 4.69) is 12.2 Å². The van der Waals surface area contributed by atoms with Crippen molar-refractivity contribution in [2.24, 2.45) is 5.92 Å². The molecule has 1 amide bonds. The van der Waals surface area contributed by atoms with Crippen LogP contribution in [0.3, 0.4) is 0 Å². The molecule has 0 aromatic rings. The standard InChI is InChI=1S/C11H19NO2/c1-11(8-14-10(13)12-11)9-6-4-2-3-5-7-9/h9H,2-8H2,1H3,(H,12,13). The van der Waals surface area contributed by atoms with E-state index < -0.39 is 0 Å². The van der Waals surface area contributed by atoms with Gasteiger partial charge in [-0.1, -0.05) is 25.7 Å². The van der Waals surface area contributed by atoms with E-state index in [0.717, 1.165) is 0 Å². The first kappa shape index (κ1) is 9.81. The van der Waals surface area contributed by atoms with Crippen molar-refractivity contribution >= 4 is 6.09 Å². The molecule has 0 radical (unpaired) electrons. The van der Waals surface area contributed by atoms with Crippen LogP contribution in [0.4, 0.5) is 4.79 Å². The van der Waals surface area contributed by atoms with Crippen LogP contribution in [0, 0.1) is 5.92 Å². The highest BCUT2D eigenvalue weighted by Gasteiger charge is 2.41. The van der Waals surface area contributed by atoms with E-state index in [1.54, 1.807) is 0 Å². The lowest BCUT2D eigenvalue weighted by Crippen LogP contribution is -2.47. The zero-order valence-corrected chi connectivity index (χ0v) is 8.84. The fourth-order valence-corrected chi connectivity index (χ4v) is 2.66. The summed E-state index contributed by atoms with van der Waals surface area (Å²) < 4.78 is 5.01. The highest BCUT2D eigenvalue weighted by atomic mass is 16.6. The minimum absolute atomic E-state index is 0.0958. The summed E-state index contributed by atoms with van der Waals surface area (Å²) in [4.78, 5) is 11.1. The van der Waals surface area contributed by atoms with E-state index in [0.29, 0.717) is 12.5 Å². The van der Waals surface area contributed by atoms with Crippen LogP contribution in [0.5, 0.6) is 0 Å². The maximum absolute atomic E-state index is 11.1. The van der Waals surface area contributed by atoms with E-state index in [9.17, 15) is 4.79 Å². The number of amides is 1. The Morgan fingerprint density at radius 1 is 1.29 bits per heavy atom. The molecule has 1 saturated heterocycles. The molecule has 1 saturated carbocycles. The predicted octanol–water partition coefficient (Wildman–Crippen LogP) is 2.46. The molecule has 80 valence electrons. The van der Waals surface area contributed by atoms with Crippen molar-refractivity contribution in [1.29, 1.82) is 0 Å². The molecule has 1 aliphatic carbocycles. The molecule has 1 unspecified atom stereocenters. The second-order valence-electron chi connectivity index (χ2n) is 4.81. The summed E-state index contributed by atoms with van der Waals surface area (Å²) in [6.45, 7) is 2.67. The van der Waals surface area contributed by atoms with E-state index in [-0.39, 0.29) is 11.6 Å². The molecule has 0 bridgehead atoms. The van der Waals surface area contributed by atoms with Gasteiger partial charge in [-0.3, -0.25) is 0 Å². The summed E-state index contributed by atoms with van der Waals surface area (Å²) in [5.41, 5.74) is -0.0958. The minimum atomic E-state index is -0.239. The van der Waals surface area contributed by atoms with Crippen LogP contribution >= 0.6 is 0 Å². The second-order valence-corrected chi connectivity index (χ2v) is 4.81. The van der Waals surface area contributed by atoms with Gasteiger partial charge in [0.05, 0.1) is 5.54 Å². The number of cyclic esters (lactones) is 1. The van der Waals surface area contributed by atoms with Gasteiger partial charge in [0.2, 0.25) is 0 Å². The van der Waals surface area contributed by atoms with Gasteiger partial charge in [0.25, 0.3) is 0 Å². The molecule has 14 heavy (non-hydrogen) atoms. The van der Waals surface area contributed by atoms with Crippen LogP contribution in [0.25, 0.3) is 0 Å². The summed E-state index contributed by atoms with van der Waals surface area (Å²) >= 11 is 0. The molecule has 1 atom stereocenters. The number of hydrogen-bond acceptors (Lipinski definition) is 2. The molecule has 1 heterocycles. The number of ether oxygens (including phenoxy) is 1. The van der Waals surface area contributed by atoms with Crippen molar-refractivity contribution in [2.45, 2.75) is 51.0 Å². The third-order valence-corrected chi connectivity index (χ3v) is 3.65. The number of hydrogen-bond donors (Lipinski definition) is 1. The Morgan fingerprint density at radius 3 is 2.43 bits per heavy atom. The Bertz CT molecular complexity index is 221. The van der Waals surface area contributed by atoms with E-state index >= 15 is 0 Å². The molecule has 1 N–H and O–H groups in total. The fraction of sp³-hybridized carbons (Fsp3) is 0.909. The van der Waals surface area contributed by atoms with Crippen LogP contribution in [0.2, 0.25) is 0 Å². The van der Waals surface area contributed by atoms with Gasteiger partial charge in [-0.2, -0.15) is 0 Å². The zero-order chi connectivity index (χ0) is 10.0. The lowest BCUT2D eigenvalue weighted by atomic mass is 9.81. The van der Waals surface area contributed by atoms with Gasteiger partial charge in [-0.05, 0) is 25.7 Å². The fourth-order valence-electron chi connectivity index (χ4n) is 2.66.